The summed E-state index contributed by atoms with van der Waals surface area (Å²) in [5.41, 5.74) is 1.79. The molecule has 1 saturated carbocycles. The molecule has 106 valence electrons. The summed E-state index contributed by atoms with van der Waals surface area (Å²) in [6.07, 6.45) is 12.2. The van der Waals surface area contributed by atoms with Crippen LogP contribution in [0.1, 0.15) is 44.1 Å². The van der Waals surface area contributed by atoms with Gasteiger partial charge in [-0.15, -0.1) is 0 Å². The van der Waals surface area contributed by atoms with Crippen LogP contribution in [0.2, 0.25) is 0 Å². The quantitative estimate of drug-likeness (QED) is 0.594. The summed E-state index contributed by atoms with van der Waals surface area (Å²) in [4.78, 5) is 6.66. The van der Waals surface area contributed by atoms with E-state index in [0.717, 1.165) is 11.9 Å². The highest BCUT2D eigenvalue weighted by atomic mass is 79.9. The number of pyridine rings is 1. The van der Waals surface area contributed by atoms with Gasteiger partial charge in [0.15, 0.2) is 0 Å². The molecule has 2 rings (SSSR count). The first-order valence-electron chi connectivity index (χ1n) is 7.38. The lowest BCUT2D eigenvalue weighted by atomic mass is 9.82. The fourth-order valence-corrected chi connectivity index (χ4v) is 3.98. The Morgan fingerprint density at radius 1 is 1.26 bits per heavy atom. The van der Waals surface area contributed by atoms with Gasteiger partial charge in [0.1, 0.15) is 0 Å². The van der Waals surface area contributed by atoms with Gasteiger partial charge in [-0.05, 0) is 36.9 Å². The molecule has 1 aromatic rings. The first-order chi connectivity index (χ1) is 9.24. The van der Waals surface area contributed by atoms with Crippen molar-refractivity contribution < 1.29 is 0 Å². The number of hydrogen-bond donors (Lipinski definition) is 0. The summed E-state index contributed by atoms with van der Waals surface area (Å²) in [6.45, 7) is 2.19. The predicted molar refractivity (Wildman–Crippen MR) is 84.5 cm³/mol. The molecule has 0 spiro atoms. The van der Waals surface area contributed by atoms with Gasteiger partial charge in [0.2, 0.25) is 0 Å². The van der Waals surface area contributed by atoms with Crippen LogP contribution in [0, 0.1) is 5.41 Å². The van der Waals surface area contributed by atoms with Crippen LogP contribution in [0.4, 0.5) is 0 Å². The highest BCUT2D eigenvalue weighted by Crippen LogP contribution is 2.37. The van der Waals surface area contributed by atoms with E-state index < -0.39 is 0 Å². The Kier molecular flexibility index (Phi) is 5.83. The minimum absolute atomic E-state index is 0.480. The van der Waals surface area contributed by atoms with Gasteiger partial charge in [0.25, 0.3) is 0 Å². The second-order valence-corrected chi connectivity index (χ2v) is 6.64. The van der Waals surface area contributed by atoms with Crippen LogP contribution in [0.25, 0.3) is 0 Å². The molecule has 0 unspecified atom stereocenters. The third kappa shape index (κ3) is 4.57. The highest BCUT2D eigenvalue weighted by molar-refractivity contribution is 9.09. The summed E-state index contributed by atoms with van der Waals surface area (Å²) in [5.74, 6) is 0. The lowest BCUT2D eigenvalue weighted by molar-refractivity contribution is 0.171. The van der Waals surface area contributed by atoms with Crippen LogP contribution in [-0.2, 0) is 6.54 Å². The van der Waals surface area contributed by atoms with Gasteiger partial charge in [-0.1, -0.05) is 47.7 Å². The normalized spacial score (nSPS) is 19.3. The number of rotatable bonds is 5. The van der Waals surface area contributed by atoms with Gasteiger partial charge in [-0.2, -0.15) is 0 Å². The first kappa shape index (κ1) is 15.0. The maximum atomic E-state index is 4.20. The highest BCUT2D eigenvalue weighted by Gasteiger charge is 2.30. The summed E-state index contributed by atoms with van der Waals surface area (Å²) >= 11 is 3.78. The third-order valence-corrected chi connectivity index (χ3v) is 5.42. The maximum absolute atomic E-state index is 4.20. The molecule has 0 aromatic carbocycles. The van der Waals surface area contributed by atoms with E-state index in [1.807, 2.05) is 18.5 Å². The van der Waals surface area contributed by atoms with Gasteiger partial charge in [0, 0.05) is 30.8 Å². The van der Waals surface area contributed by atoms with Crippen molar-refractivity contribution in [3.63, 3.8) is 0 Å². The Morgan fingerprint density at radius 3 is 2.58 bits per heavy atom. The van der Waals surface area contributed by atoms with E-state index in [0.29, 0.717) is 5.41 Å². The molecular formula is C16H25BrN2. The van der Waals surface area contributed by atoms with Crippen LogP contribution in [0.3, 0.4) is 0 Å². The largest absolute Gasteiger partial charge is 0.301 e. The number of aromatic nitrogens is 1. The van der Waals surface area contributed by atoms with Crippen LogP contribution in [-0.4, -0.2) is 28.8 Å². The Bertz CT molecular complexity index is 358. The Morgan fingerprint density at radius 2 is 2.00 bits per heavy atom. The molecule has 1 aliphatic carbocycles. The van der Waals surface area contributed by atoms with Crippen LogP contribution in [0.5, 0.6) is 0 Å². The smallest absolute Gasteiger partial charge is 0.0312 e. The molecule has 1 aromatic heterocycles. The molecular weight excluding hydrogens is 300 g/mol. The van der Waals surface area contributed by atoms with Crippen LogP contribution in [0.15, 0.2) is 24.5 Å². The topological polar surface area (TPSA) is 16.1 Å². The van der Waals surface area contributed by atoms with E-state index in [4.69, 9.17) is 0 Å². The molecule has 2 nitrogen and oxygen atoms in total. The summed E-state index contributed by atoms with van der Waals surface area (Å²) in [5, 5.41) is 1.14. The number of halogens is 1. The van der Waals surface area contributed by atoms with Crippen molar-refractivity contribution in [1.82, 2.24) is 9.88 Å². The standard InChI is InChI=1S/C16H25BrN2/c1-19(12-15-7-6-10-18-11-15)14-16(13-17)8-4-2-3-5-9-16/h6-7,10-11H,2-5,8-9,12-14H2,1H3. The van der Waals surface area contributed by atoms with Crippen molar-refractivity contribution in [1.29, 1.82) is 0 Å². The third-order valence-electron chi connectivity index (χ3n) is 4.23. The van der Waals surface area contributed by atoms with Gasteiger partial charge < -0.3 is 4.90 Å². The minimum Gasteiger partial charge on any atom is -0.301 e. The van der Waals surface area contributed by atoms with E-state index in [2.05, 4.69) is 38.9 Å². The maximum Gasteiger partial charge on any atom is 0.0312 e. The summed E-state index contributed by atoms with van der Waals surface area (Å²) < 4.78 is 0. The van der Waals surface area contributed by atoms with Gasteiger partial charge in [-0.25, -0.2) is 0 Å². The fraction of sp³-hybridized carbons (Fsp3) is 0.688. The number of nitrogens with zero attached hydrogens (tertiary/aromatic N) is 2. The van der Waals surface area contributed by atoms with E-state index >= 15 is 0 Å². The van der Waals surface area contributed by atoms with Crippen molar-refractivity contribution >= 4 is 15.9 Å². The Labute approximate surface area is 125 Å². The average molecular weight is 325 g/mol. The second-order valence-electron chi connectivity index (χ2n) is 6.08. The van der Waals surface area contributed by atoms with E-state index in [9.17, 15) is 0 Å². The lowest BCUT2D eigenvalue weighted by Crippen LogP contribution is -2.36. The van der Waals surface area contributed by atoms with Crippen molar-refractivity contribution in [3.05, 3.63) is 30.1 Å². The SMILES string of the molecule is CN(Cc1cccnc1)CC1(CBr)CCCCCC1. The molecule has 1 aliphatic rings. The number of hydrogen-bond acceptors (Lipinski definition) is 2. The van der Waals surface area contributed by atoms with Gasteiger partial charge in [-0.3, -0.25) is 4.98 Å². The van der Waals surface area contributed by atoms with E-state index in [1.165, 1.54) is 50.6 Å². The zero-order chi connectivity index (χ0) is 13.6. The zero-order valence-electron chi connectivity index (χ0n) is 11.9. The molecule has 3 heteroatoms. The predicted octanol–water partition coefficient (Wildman–Crippen LogP) is 4.25. The van der Waals surface area contributed by atoms with E-state index in [-0.39, 0.29) is 0 Å². The fourth-order valence-electron chi connectivity index (χ4n) is 3.24. The van der Waals surface area contributed by atoms with Crippen molar-refractivity contribution in [2.45, 2.75) is 45.1 Å². The Balaban J connectivity index is 1.93. The second kappa shape index (κ2) is 7.39. The molecule has 0 amide bonds. The van der Waals surface area contributed by atoms with Crippen LogP contribution < -0.4 is 0 Å². The van der Waals surface area contributed by atoms with Gasteiger partial charge in [0.05, 0.1) is 0 Å². The molecule has 1 heterocycles. The molecule has 1 fully saturated rings. The van der Waals surface area contributed by atoms with Crippen LogP contribution >= 0.6 is 15.9 Å². The molecule has 0 aliphatic heterocycles. The summed E-state index contributed by atoms with van der Waals surface area (Å²) in [7, 11) is 2.24. The number of alkyl halides is 1. The van der Waals surface area contributed by atoms with Crippen molar-refractivity contribution in [2.75, 3.05) is 18.9 Å². The molecule has 0 saturated heterocycles. The molecule has 0 radical (unpaired) electrons. The zero-order valence-corrected chi connectivity index (χ0v) is 13.5. The van der Waals surface area contributed by atoms with E-state index in [1.54, 1.807) is 0 Å². The van der Waals surface area contributed by atoms with Gasteiger partial charge >= 0.3 is 0 Å². The summed E-state index contributed by atoms with van der Waals surface area (Å²) in [6, 6.07) is 4.19. The average Bonchev–Trinajstić information content (AvgIpc) is 2.66. The lowest BCUT2D eigenvalue weighted by Gasteiger charge is -2.35. The Hall–Kier alpha value is -0.410. The van der Waals surface area contributed by atoms with Crippen molar-refractivity contribution in [2.24, 2.45) is 5.41 Å². The molecule has 0 bridgehead atoms. The van der Waals surface area contributed by atoms with Crippen molar-refractivity contribution in [3.8, 4) is 0 Å². The minimum atomic E-state index is 0.480. The molecule has 0 N–H and O–H groups in total. The molecule has 0 atom stereocenters. The first-order valence-corrected chi connectivity index (χ1v) is 8.50. The monoisotopic (exact) mass is 324 g/mol. The molecule has 19 heavy (non-hydrogen) atoms.